The zero-order chi connectivity index (χ0) is 13.8. The average Bonchev–Trinajstić information content (AvgIpc) is 2.88. The van der Waals surface area contributed by atoms with Gasteiger partial charge in [-0.15, -0.1) is 0 Å². The van der Waals surface area contributed by atoms with E-state index in [9.17, 15) is 0 Å². The molecule has 1 atom stereocenters. The number of unbranched alkanes of at least 4 members (excludes halogenated alkanes) is 3. The van der Waals surface area contributed by atoms with Crippen LogP contribution in [-0.2, 0) is 0 Å². The molecule has 1 saturated heterocycles. The molecule has 2 nitrogen and oxygen atoms in total. The van der Waals surface area contributed by atoms with Gasteiger partial charge in [-0.25, -0.2) is 0 Å². The van der Waals surface area contributed by atoms with E-state index in [-0.39, 0.29) is 0 Å². The largest absolute Gasteiger partial charge is 0.308 e. The van der Waals surface area contributed by atoms with Crippen molar-refractivity contribution in [2.45, 2.75) is 89.6 Å². The van der Waals surface area contributed by atoms with Gasteiger partial charge in [0.1, 0.15) is 0 Å². The molecular formula is C17H34N2. The highest BCUT2D eigenvalue weighted by Gasteiger charge is 2.44. The van der Waals surface area contributed by atoms with Crippen molar-refractivity contribution in [3.05, 3.63) is 0 Å². The van der Waals surface area contributed by atoms with E-state index in [0.717, 1.165) is 0 Å². The van der Waals surface area contributed by atoms with E-state index in [0.29, 0.717) is 11.1 Å². The molecular weight excluding hydrogens is 232 g/mol. The van der Waals surface area contributed by atoms with Crippen LogP contribution in [-0.4, -0.2) is 35.6 Å². The number of piperazine rings is 1. The molecule has 112 valence electrons. The summed E-state index contributed by atoms with van der Waals surface area (Å²) in [6.07, 6.45) is 12.5. The molecule has 2 aliphatic rings. The van der Waals surface area contributed by atoms with Gasteiger partial charge in [0.25, 0.3) is 0 Å². The van der Waals surface area contributed by atoms with E-state index in [4.69, 9.17) is 0 Å². The fourth-order valence-electron chi connectivity index (χ4n) is 3.92. The molecule has 2 rings (SSSR count). The van der Waals surface area contributed by atoms with Crippen LogP contribution >= 0.6 is 0 Å². The summed E-state index contributed by atoms with van der Waals surface area (Å²) in [4.78, 5) is 2.82. The molecule has 2 heteroatoms. The van der Waals surface area contributed by atoms with Crippen molar-refractivity contribution >= 4 is 0 Å². The number of hydrogen-bond donors (Lipinski definition) is 1. The van der Waals surface area contributed by atoms with Crippen LogP contribution in [0.5, 0.6) is 0 Å². The van der Waals surface area contributed by atoms with Gasteiger partial charge in [0.05, 0.1) is 0 Å². The first-order valence-electron chi connectivity index (χ1n) is 8.64. The Morgan fingerprint density at radius 3 is 2.42 bits per heavy atom. The summed E-state index contributed by atoms with van der Waals surface area (Å²) in [7, 11) is 0. The molecule has 1 heterocycles. The van der Waals surface area contributed by atoms with Gasteiger partial charge in [-0.3, -0.25) is 4.90 Å². The normalized spacial score (nSPS) is 31.1. The molecule has 0 amide bonds. The number of hydrogen-bond acceptors (Lipinski definition) is 2. The van der Waals surface area contributed by atoms with Crippen LogP contribution in [0.15, 0.2) is 0 Å². The third-order valence-corrected chi connectivity index (χ3v) is 5.71. The maximum absolute atomic E-state index is 3.93. The van der Waals surface area contributed by atoms with E-state index in [1.165, 1.54) is 77.4 Å². The fourth-order valence-corrected chi connectivity index (χ4v) is 3.92. The molecule has 1 unspecified atom stereocenters. The molecule has 19 heavy (non-hydrogen) atoms. The Labute approximate surface area is 120 Å². The lowest BCUT2D eigenvalue weighted by atomic mass is 9.85. The van der Waals surface area contributed by atoms with Gasteiger partial charge in [-0.1, -0.05) is 46.0 Å². The minimum Gasteiger partial charge on any atom is -0.308 e. The first kappa shape index (κ1) is 15.3. The Morgan fingerprint density at radius 2 is 1.79 bits per heavy atom. The van der Waals surface area contributed by atoms with Gasteiger partial charge < -0.3 is 5.32 Å². The summed E-state index contributed by atoms with van der Waals surface area (Å²) in [5, 5.41) is 3.93. The third kappa shape index (κ3) is 3.52. The van der Waals surface area contributed by atoms with Gasteiger partial charge in [-0.2, -0.15) is 0 Å². The van der Waals surface area contributed by atoms with Crippen molar-refractivity contribution in [2.75, 3.05) is 19.6 Å². The van der Waals surface area contributed by atoms with Gasteiger partial charge in [-0.05, 0) is 39.2 Å². The highest BCUT2D eigenvalue weighted by atomic mass is 15.3. The Bertz CT molecular complexity index is 270. The average molecular weight is 266 g/mol. The maximum atomic E-state index is 3.93. The van der Waals surface area contributed by atoms with Crippen molar-refractivity contribution in [1.29, 1.82) is 0 Å². The molecule has 2 fully saturated rings. The summed E-state index contributed by atoms with van der Waals surface area (Å²) in [6.45, 7) is 10.9. The molecule has 0 bridgehead atoms. The molecule has 1 aliphatic heterocycles. The predicted octanol–water partition coefficient (Wildman–Crippen LogP) is 3.95. The maximum Gasteiger partial charge on any atom is 0.0309 e. The SMILES string of the molecule is CCCCCCN1CC2(CCCC2)NCC1(C)CC. The zero-order valence-electron chi connectivity index (χ0n) is 13.4. The zero-order valence-corrected chi connectivity index (χ0v) is 13.4. The molecule has 0 aromatic carbocycles. The summed E-state index contributed by atoms with van der Waals surface area (Å²) in [5.41, 5.74) is 0.861. The summed E-state index contributed by atoms with van der Waals surface area (Å²) < 4.78 is 0. The van der Waals surface area contributed by atoms with Gasteiger partial charge in [0.2, 0.25) is 0 Å². The van der Waals surface area contributed by atoms with Crippen LogP contribution in [0.25, 0.3) is 0 Å². The van der Waals surface area contributed by atoms with E-state index >= 15 is 0 Å². The van der Waals surface area contributed by atoms with E-state index < -0.39 is 0 Å². The highest BCUT2D eigenvalue weighted by molar-refractivity contribution is 5.05. The van der Waals surface area contributed by atoms with Gasteiger partial charge in [0.15, 0.2) is 0 Å². The Balaban J connectivity index is 1.93. The van der Waals surface area contributed by atoms with Crippen molar-refractivity contribution < 1.29 is 0 Å². The van der Waals surface area contributed by atoms with E-state index in [2.05, 4.69) is 31.0 Å². The Hall–Kier alpha value is -0.0800. The smallest absolute Gasteiger partial charge is 0.0309 e. The minimum absolute atomic E-state index is 0.389. The lowest BCUT2D eigenvalue weighted by Crippen LogP contribution is -2.68. The van der Waals surface area contributed by atoms with Gasteiger partial charge >= 0.3 is 0 Å². The lowest BCUT2D eigenvalue weighted by Gasteiger charge is -2.52. The quantitative estimate of drug-likeness (QED) is 0.732. The third-order valence-electron chi connectivity index (χ3n) is 5.71. The monoisotopic (exact) mass is 266 g/mol. The molecule has 0 aromatic heterocycles. The fraction of sp³-hybridized carbons (Fsp3) is 1.00. The number of rotatable bonds is 6. The van der Waals surface area contributed by atoms with Crippen LogP contribution in [0.3, 0.4) is 0 Å². The minimum atomic E-state index is 0.389. The summed E-state index contributed by atoms with van der Waals surface area (Å²) in [6, 6.07) is 0. The number of nitrogens with one attached hydrogen (secondary N) is 1. The standard InChI is InChI=1S/C17H34N2/c1-4-6-7-10-13-19-15-17(11-8-9-12-17)18-14-16(19,3)5-2/h18H,4-15H2,1-3H3. The highest BCUT2D eigenvalue weighted by Crippen LogP contribution is 2.36. The summed E-state index contributed by atoms with van der Waals surface area (Å²) >= 11 is 0. The van der Waals surface area contributed by atoms with Crippen molar-refractivity contribution in [3.63, 3.8) is 0 Å². The first-order chi connectivity index (χ1) is 9.14. The first-order valence-corrected chi connectivity index (χ1v) is 8.64. The van der Waals surface area contributed by atoms with Crippen LogP contribution < -0.4 is 5.32 Å². The van der Waals surface area contributed by atoms with Crippen LogP contribution in [0, 0.1) is 0 Å². The van der Waals surface area contributed by atoms with Crippen LogP contribution in [0.4, 0.5) is 0 Å². The summed E-state index contributed by atoms with van der Waals surface area (Å²) in [5.74, 6) is 0. The van der Waals surface area contributed by atoms with E-state index in [1.54, 1.807) is 0 Å². The molecule has 0 radical (unpaired) electrons. The molecule has 1 aliphatic carbocycles. The van der Waals surface area contributed by atoms with Crippen molar-refractivity contribution in [1.82, 2.24) is 10.2 Å². The lowest BCUT2D eigenvalue weighted by molar-refractivity contribution is 0.0131. The van der Waals surface area contributed by atoms with Crippen LogP contribution in [0.1, 0.15) is 78.6 Å². The molecule has 1 N–H and O–H groups in total. The molecule has 1 spiro atoms. The van der Waals surface area contributed by atoms with Crippen molar-refractivity contribution in [3.8, 4) is 0 Å². The second kappa shape index (κ2) is 6.58. The molecule has 0 aromatic rings. The van der Waals surface area contributed by atoms with Crippen LogP contribution in [0.2, 0.25) is 0 Å². The second-order valence-electron chi connectivity index (χ2n) is 7.17. The Kier molecular flexibility index (Phi) is 5.30. The van der Waals surface area contributed by atoms with Gasteiger partial charge in [0, 0.05) is 24.2 Å². The second-order valence-corrected chi connectivity index (χ2v) is 7.17. The van der Waals surface area contributed by atoms with E-state index in [1.807, 2.05) is 0 Å². The van der Waals surface area contributed by atoms with Crippen molar-refractivity contribution in [2.24, 2.45) is 0 Å². The Morgan fingerprint density at radius 1 is 1.05 bits per heavy atom. The predicted molar refractivity (Wildman–Crippen MR) is 83.6 cm³/mol. The topological polar surface area (TPSA) is 15.3 Å². The molecule has 1 saturated carbocycles. The number of nitrogens with zero attached hydrogens (tertiary/aromatic N) is 1.